The highest BCUT2D eigenvalue weighted by molar-refractivity contribution is 5.87. The zero-order valence-corrected chi connectivity index (χ0v) is 20.8. The summed E-state index contributed by atoms with van der Waals surface area (Å²) in [5.74, 6) is -1.20. The van der Waals surface area contributed by atoms with E-state index in [1.165, 1.54) is 19.1 Å². The van der Waals surface area contributed by atoms with Crippen LogP contribution in [0.2, 0.25) is 0 Å². The van der Waals surface area contributed by atoms with E-state index in [9.17, 15) is 24.8 Å². The monoisotopic (exact) mass is 495 g/mol. The number of carbonyl (C=O) groups is 2. The van der Waals surface area contributed by atoms with E-state index in [2.05, 4.69) is 10.6 Å². The normalized spacial score (nSPS) is 19.6. The van der Waals surface area contributed by atoms with Crippen LogP contribution in [-0.2, 0) is 20.9 Å². The highest BCUT2D eigenvalue weighted by Crippen LogP contribution is 2.26. The van der Waals surface area contributed by atoms with Crippen molar-refractivity contribution in [2.75, 3.05) is 0 Å². The van der Waals surface area contributed by atoms with Crippen molar-refractivity contribution in [1.82, 2.24) is 10.6 Å². The Morgan fingerprint density at radius 2 is 1.67 bits per heavy atom. The third-order valence-electron chi connectivity index (χ3n) is 6.43. The molecule has 0 unspecified atom stereocenters. The standard InChI is InChI=1S/C27H33N3O6/c1-4-23(5-2)36-25-15-21(27(32)33)14-24(26(25)29-17(3)31)28-16-18-6-8-19(9-7-18)20-10-12-22(13-11-20)30(34)35/h6-13,15,23-26,28H,4-5,14,16H2,1-3H3,(H,29,31)(H,32,33)/t24-,25+,26+/m0/s1. The molecule has 0 spiro atoms. The molecule has 3 N–H and O–H groups in total. The molecular formula is C27H33N3O6. The molecule has 9 nitrogen and oxygen atoms in total. The van der Waals surface area contributed by atoms with Crippen molar-refractivity contribution in [3.05, 3.63) is 75.9 Å². The van der Waals surface area contributed by atoms with Gasteiger partial charge in [-0.25, -0.2) is 4.79 Å². The van der Waals surface area contributed by atoms with Gasteiger partial charge in [0.25, 0.3) is 5.69 Å². The smallest absolute Gasteiger partial charge is 0.331 e. The number of nitrogens with zero attached hydrogens (tertiary/aromatic N) is 1. The number of rotatable bonds is 11. The number of hydrogen-bond acceptors (Lipinski definition) is 6. The summed E-state index contributed by atoms with van der Waals surface area (Å²) in [6, 6.07) is 13.4. The molecule has 0 aliphatic heterocycles. The first-order valence-corrected chi connectivity index (χ1v) is 12.2. The van der Waals surface area contributed by atoms with E-state index >= 15 is 0 Å². The molecule has 0 radical (unpaired) electrons. The van der Waals surface area contributed by atoms with Gasteiger partial charge in [0.15, 0.2) is 0 Å². The van der Waals surface area contributed by atoms with Crippen LogP contribution in [0, 0.1) is 10.1 Å². The molecule has 3 atom stereocenters. The number of carbonyl (C=O) groups excluding carboxylic acids is 1. The summed E-state index contributed by atoms with van der Waals surface area (Å²) in [6.07, 6.45) is 2.86. The van der Waals surface area contributed by atoms with E-state index < -0.39 is 23.0 Å². The number of benzene rings is 2. The molecular weight excluding hydrogens is 462 g/mol. The first-order valence-electron chi connectivity index (χ1n) is 12.2. The fourth-order valence-corrected chi connectivity index (χ4v) is 4.40. The molecule has 2 aromatic carbocycles. The Morgan fingerprint density at radius 3 is 2.17 bits per heavy atom. The summed E-state index contributed by atoms with van der Waals surface area (Å²) in [4.78, 5) is 34.3. The highest BCUT2D eigenvalue weighted by Gasteiger charge is 2.37. The van der Waals surface area contributed by atoms with Crippen molar-refractivity contribution in [3.63, 3.8) is 0 Å². The van der Waals surface area contributed by atoms with Gasteiger partial charge in [-0.15, -0.1) is 0 Å². The van der Waals surface area contributed by atoms with Gasteiger partial charge in [0, 0.05) is 37.2 Å². The van der Waals surface area contributed by atoms with Crippen molar-refractivity contribution in [3.8, 4) is 11.1 Å². The predicted molar refractivity (Wildman–Crippen MR) is 136 cm³/mol. The van der Waals surface area contributed by atoms with Crippen LogP contribution in [0.5, 0.6) is 0 Å². The second-order valence-electron chi connectivity index (χ2n) is 8.95. The molecule has 3 rings (SSSR count). The minimum atomic E-state index is -0.992. The van der Waals surface area contributed by atoms with Gasteiger partial charge in [0.1, 0.15) is 0 Å². The predicted octanol–water partition coefficient (Wildman–Crippen LogP) is 4.21. The van der Waals surface area contributed by atoms with E-state index in [1.54, 1.807) is 18.2 Å². The summed E-state index contributed by atoms with van der Waals surface area (Å²) >= 11 is 0. The molecule has 1 aliphatic carbocycles. The zero-order valence-electron chi connectivity index (χ0n) is 20.8. The average molecular weight is 496 g/mol. The van der Waals surface area contributed by atoms with Gasteiger partial charge in [-0.05, 0) is 54.2 Å². The Bertz CT molecular complexity index is 1090. The van der Waals surface area contributed by atoms with Gasteiger partial charge >= 0.3 is 5.97 Å². The van der Waals surface area contributed by atoms with Gasteiger partial charge in [0.05, 0.1) is 23.2 Å². The van der Waals surface area contributed by atoms with Crippen molar-refractivity contribution >= 4 is 17.6 Å². The summed E-state index contributed by atoms with van der Waals surface area (Å²) < 4.78 is 6.22. The fourth-order valence-electron chi connectivity index (χ4n) is 4.40. The number of nitro groups is 1. The average Bonchev–Trinajstić information content (AvgIpc) is 2.87. The van der Waals surface area contributed by atoms with Crippen LogP contribution in [0.15, 0.2) is 60.2 Å². The summed E-state index contributed by atoms with van der Waals surface area (Å²) in [5, 5.41) is 26.9. The molecule has 0 saturated carbocycles. The Labute approximate surface area is 210 Å². The third kappa shape index (κ3) is 6.99. The highest BCUT2D eigenvalue weighted by atomic mass is 16.6. The first-order chi connectivity index (χ1) is 17.2. The maximum atomic E-state index is 12.0. The molecule has 36 heavy (non-hydrogen) atoms. The molecule has 2 aromatic rings. The second kappa shape index (κ2) is 12.4. The van der Waals surface area contributed by atoms with Crippen LogP contribution in [0.25, 0.3) is 11.1 Å². The summed E-state index contributed by atoms with van der Waals surface area (Å²) in [7, 11) is 0. The maximum Gasteiger partial charge on any atom is 0.331 e. The Balaban J connectivity index is 1.75. The molecule has 0 aromatic heterocycles. The van der Waals surface area contributed by atoms with Gasteiger partial charge in [-0.2, -0.15) is 0 Å². The number of aliphatic carboxylic acids is 1. The number of carboxylic acids is 1. The van der Waals surface area contributed by atoms with E-state index in [0.717, 1.165) is 29.5 Å². The second-order valence-corrected chi connectivity index (χ2v) is 8.95. The molecule has 1 aliphatic rings. The quantitative estimate of drug-likeness (QED) is 0.314. The van der Waals surface area contributed by atoms with E-state index in [-0.39, 0.29) is 35.7 Å². The number of nitro benzene ring substituents is 1. The number of amides is 1. The van der Waals surface area contributed by atoms with Gasteiger partial charge in [0.2, 0.25) is 5.91 Å². The lowest BCUT2D eigenvalue weighted by Crippen LogP contribution is -2.58. The molecule has 9 heteroatoms. The number of carboxylic acid groups (broad SMARTS) is 1. The van der Waals surface area contributed by atoms with Gasteiger partial charge in [-0.1, -0.05) is 38.1 Å². The lowest BCUT2D eigenvalue weighted by atomic mass is 9.87. The lowest BCUT2D eigenvalue weighted by molar-refractivity contribution is -0.384. The van der Waals surface area contributed by atoms with Crippen molar-refractivity contribution < 1.29 is 24.4 Å². The molecule has 0 bridgehead atoms. The Hall–Kier alpha value is -3.56. The van der Waals surface area contributed by atoms with Gasteiger partial charge in [-0.3, -0.25) is 14.9 Å². The number of hydrogen-bond donors (Lipinski definition) is 3. The van der Waals surface area contributed by atoms with E-state index in [4.69, 9.17) is 4.74 Å². The van der Waals surface area contributed by atoms with Crippen LogP contribution >= 0.6 is 0 Å². The van der Waals surface area contributed by atoms with E-state index in [0.29, 0.717) is 6.54 Å². The summed E-state index contributed by atoms with van der Waals surface area (Å²) in [5.41, 5.74) is 3.08. The Morgan fingerprint density at radius 1 is 1.08 bits per heavy atom. The largest absolute Gasteiger partial charge is 0.478 e. The maximum absolute atomic E-state index is 12.0. The molecule has 0 heterocycles. The van der Waals surface area contributed by atoms with E-state index in [1.807, 2.05) is 38.1 Å². The summed E-state index contributed by atoms with van der Waals surface area (Å²) in [6.45, 7) is 5.94. The van der Waals surface area contributed by atoms with Crippen molar-refractivity contribution in [1.29, 1.82) is 0 Å². The molecule has 0 saturated heterocycles. The molecule has 1 amide bonds. The third-order valence-corrected chi connectivity index (χ3v) is 6.43. The van der Waals surface area contributed by atoms with Crippen LogP contribution < -0.4 is 10.6 Å². The van der Waals surface area contributed by atoms with Crippen LogP contribution in [0.1, 0.15) is 45.6 Å². The lowest BCUT2D eigenvalue weighted by Gasteiger charge is -2.38. The topological polar surface area (TPSA) is 131 Å². The van der Waals surface area contributed by atoms with Crippen molar-refractivity contribution in [2.24, 2.45) is 0 Å². The number of ether oxygens (including phenoxy) is 1. The SMILES string of the molecule is CCC(CC)O[C@@H]1C=C(C(=O)O)C[C@H](NCc2ccc(-c3ccc([N+](=O)[O-])cc3)cc2)[C@H]1NC(C)=O. The number of non-ortho nitro benzene ring substituents is 1. The van der Waals surface area contributed by atoms with Gasteiger partial charge < -0.3 is 20.5 Å². The minimum absolute atomic E-state index is 0.0386. The minimum Gasteiger partial charge on any atom is -0.478 e. The molecule has 192 valence electrons. The van der Waals surface area contributed by atoms with Crippen LogP contribution in [-0.4, -0.2) is 46.2 Å². The van der Waals surface area contributed by atoms with Crippen LogP contribution in [0.4, 0.5) is 5.69 Å². The number of nitrogens with one attached hydrogen (secondary N) is 2. The van der Waals surface area contributed by atoms with Crippen LogP contribution in [0.3, 0.4) is 0 Å². The molecule has 0 fully saturated rings. The Kier molecular flexibility index (Phi) is 9.32. The first kappa shape index (κ1) is 27.0. The van der Waals surface area contributed by atoms with Crippen molar-refractivity contribution in [2.45, 2.75) is 70.9 Å². The fraction of sp³-hybridized carbons (Fsp3) is 0.407. The zero-order chi connectivity index (χ0) is 26.2.